The van der Waals surface area contributed by atoms with E-state index < -0.39 is 16.5 Å². The van der Waals surface area contributed by atoms with E-state index in [4.69, 9.17) is 0 Å². The highest BCUT2D eigenvalue weighted by molar-refractivity contribution is 5.88. The fourth-order valence-corrected chi connectivity index (χ4v) is 2.94. The lowest BCUT2D eigenvalue weighted by Crippen LogP contribution is -2.52. The smallest absolute Gasteiger partial charge is 0.273 e. The topological polar surface area (TPSA) is 92.6 Å². The fraction of sp³-hybridized carbons (Fsp3) is 0.364. The predicted molar refractivity (Wildman–Crippen MR) is 111 cm³/mol. The first-order valence-electron chi connectivity index (χ1n) is 9.46. The van der Waals surface area contributed by atoms with Gasteiger partial charge in [-0.1, -0.05) is 48.5 Å². The fourth-order valence-electron chi connectivity index (χ4n) is 2.94. The zero-order valence-electron chi connectivity index (χ0n) is 17.2. The van der Waals surface area contributed by atoms with Gasteiger partial charge in [-0.25, -0.2) is 0 Å². The summed E-state index contributed by atoms with van der Waals surface area (Å²) in [7, 11) is 0. The highest BCUT2D eigenvalue weighted by atomic mass is 16.6. The summed E-state index contributed by atoms with van der Waals surface area (Å²) in [5.74, 6) is -0.621. The average Bonchev–Trinajstić information content (AvgIpc) is 2.65. The van der Waals surface area contributed by atoms with Crippen molar-refractivity contribution >= 4 is 17.5 Å². The number of nitrogens with one attached hydrogen (secondary N) is 1. The maximum atomic E-state index is 13.1. The third-order valence-corrected chi connectivity index (χ3v) is 4.39. The van der Waals surface area contributed by atoms with Crippen molar-refractivity contribution in [3.05, 3.63) is 75.8 Å². The minimum Gasteiger partial charge on any atom is -0.350 e. The molecule has 0 fully saturated rings. The molecule has 7 nitrogen and oxygen atoms in total. The number of hydrogen-bond donors (Lipinski definition) is 1. The summed E-state index contributed by atoms with van der Waals surface area (Å²) in [6, 6.07) is 14.8. The van der Waals surface area contributed by atoms with E-state index in [1.54, 1.807) is 25.1 Å². The van der Waals surface area contributed by atoms with Crippen LogP contribution in [0.15, 0.2) is 54.6 Å². The van der Waals surface area contributed by atoms with Gasteiger partial charge in [-0.3, -0.25) is 19.7 Å². The molecular formula is C22H27N3O4. The Labute approximate surface area is 170 Å². The molecule has 0 aromatic heterocycles. The van der Waals surface area contributed by atoms with Gasteiger partial charge in [-0.15, -0.1) is 0 Å². The highest BCUT2D eigenvalue weighted by Crippen LogP contribution is 2.20. The number of amides is 2. The number of carbonyl (C=O) groups excluding carboxylic acids is 2. The molecule has 0 aliphatic carbocycles. The number of nitro benzene ring substituents is 1. The van der Waals surface area contributed by atoms with Crippen LogP contribution in [-0.4, -0.2) is 33.2 Å². The van der Waals surface area contributed by atoms with Crippen LogP contribution in [0.5, 0.6) is 0 Å². The van der Waals surface area contributed by atoms with Crippen molar-refractivity contribution in [1.82, 2.24) is 10.2 Å². The molecule has 0 radical (unpaired) electrons. The Morgan fingerprint density at radius 2 is 1.66 bits per heavy atom. The lowest BCUT2D eigenvalue weighted by atomic mass is 10.1. The zero-order chi connectivity index (χ0) is 21.6. The van der Waals surface area contributed by atoms with Crippen molar-refractivity contribution in [2.24, 2.45) is 0 Å². The first kappa shape index (κ1) is 22.1. The van der Waals surface area contributed by atoms with Gasteiger partial charge in [0.1, 0.15) is 6.04 Å². The Bertz CT molecular complexity index is 875. The summed E-state index contributed by atoms with van der Waals surface area (Å²) in [5.41, 5.74) is 0.653. The average molecular weight is 397 g/mol. The summed E-state index contributed by atoms with van der Waals surface area (Å²) in [6.07, 6.45) is -0.156. The first-order valence-corrected chi connectivity index (χ1v) is 9.46. The maximum Gasteiger partial charge on any atom is 0.273 e. The second-order valence-electron chi connectivity index (χ2n) is 7.99. The van der Waals surface area contributed by atoms with Crippen molar-refractivity contribution in [3.8, 4) is 0 Å². The molecule has 1 atom stereocenters. The van der Waals surface area contributed by atoms with Crippen molar-refractivity contribution in [2.75, 3.05) is 0 Å². The van der Waals surface area contributed by atoms with Gasteiger partial charge in [0.05, 0.1) is 11.3 Å². The van der Waals surface area contributed by atoms with E-state index in [1.165, 1.54) is 11.0 Å². The van der Waals surface area contributed by atoms with Crippen LogP contribution < -0.4 is 5.32 Å². The molecule has 0 saturated heterocycles. The van der Waals surface area contributed by atoms with Crippen LogP contribution in [0.1, 0.15) is 38.8 Å². The summed E-state index contributed by atoms with van der Waals surface area (Å²) in [6.45, 7) is 7.51. The Morgan fingerprint density at radius 3 is 2.24 bits per heavy atom. The largest absolute Gasteiger partial charge is 0.350 e. The highest BCUT2D eigenvalue weighted by Gasteiger charge is 2.29. The van der Waals surface area contributed by atoms with Crippen LogP contribution in [0.25, 0.3) is 0 Å². The van der Waals surface area contributed by atoms with Crippen LogP contribution in [0.2, 0.25) is 0 Å². The monoisotopic (exact) mass is 397 g/mol. The van der Waals surface area contributed by atoms with Gasteiger partial charge in [0, 0.05) is 23.7 Å². The van der Waals surface area contributed by atoms with Crippen molar-refractivity contribution in [3.63, 3.8) is 0 Å². The molecule has 0 aliphatic rings. The van der Waals surface area contributed by atoms with Gasteiger partial charge >= 0.3 is 0 Å². The van der Waals surface area contributed by atoms with Crippen LogP contribution >= 0.6 is 0 Å². The molecule has 2 amide bonds. The molecule has 2 aromatic rings. The number of benzene rings is 2. The zero-order valence-corrected chi connectivity index (χ0v) is 17.2. The van der Waals surface area contributed by atoms with E-state index >= 15 is 0 Å². The normalized spacial score (nSPS) is 12.1. The van der Waals surface area contributed by atoms with Gasteiger partial charge in [-0.2, -0.15) is 0 Å². The minimum atomic E-state index is -0.732. The maximum absolute atomic E-state index is 13.1. The number of hydrogen-bond acceptors (Lipinski definition) is 4. The van der Waals surface area contributed by atoms with Gasteiger partial charge in [0.2, 0.25) is 11.8 Å². The van der Waals surface area contributed by atoms with E-state index in [2.05, 4.69) is 5.32 Å². The van der Waals surface area contributed by atoms with Crippen LogP contribution in [0.3, 0.4) is 0 Å². The first-order chi connectivity index (χ1) is 13.6. The van der Waals surface area contributed by atoms with E-state index in [0.29, 0.717) is 5.56 Å². The Hall–Kier alpha value is -3.22. The molecule has 2 rings (SSSR count). The summed E-state index contributed by atoms with van der Waals surface area (Å²) < 4.78 is 0. The Kier molecular flexibility index (Phi) is 7.09. The van der Waals surface area contributed by atoms with E-state index in [-0.39, 0.29) is 30.5 Å². The summed E-state index contributed by atoms with van der Waals surface area (Å²) in [5, 5.41) is 14.2. The summed E-state index contributed by atoms with van der Waals surface area (Å²) in [4.78, 5) is 38.1. The van der Waals surface area contributed by atoms with Gasteiger partial charge in [0.15, 0.2) is 0 Å². The molecule has 7 heteroatoms. The molecule has 0 heterocycles. The number of nitro groups is 1. The second kappa shape index (κ2) is 9.32. The van der Waals surface area contributed by atoms with Crippen LogP contribution in [0.4, 0.5) is 5.69 Å². The Morgan fingerprint density at radius 1 is 1.07 bits per heavy atom. The lowest BCUT2D eigenvalue weighted by Gasteiger charge is -2.31. The van der Waals surface area contributed by atoms with Gasteiger partial charge in [-0.05, 0) is 33.3 Å². The summed E-state index contributed by atoms with van der Waals surface area (Å²) >= 11 is 0. The minimum absolute atomic E-state index is 0.104. The van der Waals surface area contributed by atoms with E-state index in [0.717, 1.165) is 5.56 Å². The third-order valence-electron chi connectivity index (χ3n) is 4.39. The molecule has 0 saturated carbocycles. The quantitative estimate of drug-likeness (QED) is 0.572. The number of rotatable bonds is 7. The van der Waals surface area contributed by atoms with Crippen LogP contribution in [0, 0.1) is 10.1 Å². The molecular weight excluding hydrogens is 370 g/mol. The SMILES string of the molecule is C[C@H](C(=O)NC(C)(C)C)N(Cc1ccccc1)C(=O)Cc1ccccc1[N+](=O)[O-]. The molecule has 0 spiro atoms. The van der Waals surface area contributed by atoms with Crippen molar-refractivity contribution < 1.29 is 14.5 Å². The molecule has 29 heavy (non-hydrogen) atoms. The van der Waals surface area contributed by atoms with Crippen LogP contribution in [-0.2, 0) is 22.6 Å². The standard InChI is InChI=1S/C22H27N3O4/c1-16(21(27)23-22(2,3)4)24(15-17-10-6-5-7-11-17)20(26)14-18-12-8-9-13-19(18)25(28)29/h5-13,16H,14-15H2,1-4H3,(H,23,27)/t16-/m1/s1. The third kappa shape index (κ3) is 6.41. The second-order valence-corrected chi connectivity index (χ2v) is 7.99. The number of nitrogens with zero attached hydrogens (tertiary/aromatic N) is 2. The molecule has 0 bridgehead atoms. The van der Waals surface area contributed by atoms with Gasteiger partial charge in [0.25, 0.3) is 5.69 Å². The number of carbonyl (C=O) groups is 2. The molecule has 1 N–H and O–H groups in total. The van der Waals surface area contributed by atoms with Crippen molar-refractivity contribution in [2.45, 2.75) is 52.2 Å². The van der Waals surface area contributed by atoms with E-state index in [1.807, 2.05) is 51.1 Å². The van der Waals surface area contributed by atoms with E-state index in [9.17, 15) is 19.7 Å². The molecule has 0 aliphatic heterocycles. The number of para-hydroxylation sites is 1. The van der Waals surface area contributed by atoms with Gasteiger partial charge < -0.3 is 10.2 Å². The molecule has 154 valence electrons. The lowest BCUT2D eigenvalue weighted by molar-refractivity contribution is -0.385. The molecule has 2 aromatic carbocycles. The van der Waals surface area contributed by atoms with Crippen molar-refractivity contribution in [1.29, 1.82) is 0 Å². The molecule has 0 unspecified atom stereocenters. The predicted octanol–water partition coefficient (Wildman–Crippen LogP) is 3.47. The Balaban J connectivity index is 2.30.